The maximum atomic E-state index is 13.6. The fraction of sp³-hybridized carbons (Fsp3) is 0.200. The van der Waals surface area contributed by atoms with E-state index in [0.717, 1.165) is 5.69 Å². The molecule has 1 unspecified atom stereocenters. The van der Waals surface area contributed by atoms with Crippen LogP contribution in [0.3, 0.4) is 0 Å². The van der Waals surface area contributed by atoms with Crippen molar-refractivity contribution in [3.63, 3.8) is 0 Å². The Balaban J connectivity index is 2.14. The Morgan fingerprint density at radius 1 is 0.950 bits per heavy atom. The van der Waals surface area contributed by atoms with Gasteiger partial charge in [-0.05, 0) is 24.3 Å². The first-order valence-electron chi connectivity index (χ1n) is 6.34. The Morgan fingerprint density at radius 3 is 2.20 bits per heavy atom. The highest BCUT2D eigenvalue weighted by Crippen LogP contribution is 2.26. The molecule has 2 aromatic rings. The van der Waals surface area contributed by atoms with Gasteiger partial charge in [0.05, 0.1) is 29.8 Å². The van der Waals surface area contributed by atoms with Gasteiger partial charge in [-0.3, -0.25) is 0 Å². The predicted molar refractivity (Wildman–Crippen MR) is 77.7 cm³/mol. The van der Waals surface area contributed by atoms with Crippen LogP contribution >= 0.6 is 0 Å². The van der Waals surface area contributed by atoms with Gasteiger partial charge < -0.3 is 20.8 Å². The number of benzene rings is 2. The minimum Gasteiger partial charge on any atom is -0.394 e. The molecule has 0 aliphatic rings. The molecular weight excluding hydrogens is 259 g/mol. The van der Waals surface area contributed by atoms with Gasteiger partial charge in [-0.1, -0.05) is 24.3 Å². The molecule has 0 heterocycles. The Kier molecular flexibility index (Phi) is 4.92. The minimum atomic E-state index is -0.837. The lowest BCUT2D eigenvalue weighted by Crippen LogP contribution is -2.23. The van der Waals surface area contributed by atoms with Crippen LogP contribution in [0, 0.1) is 5.82 Å². The highest BCUT2D eigenvalue weighted by Gasteiger charge is 2.07. The molecule has 0 spiro atoms. The maximum absolute atomic E-state index is 13.6. The summed E-state index contributed by atoms with van der Waals surface area (Å²) in [5, 5.41) is 24.2. The molecule has 4 N–H and O–H groups in total. The van der Waals surface area contributed by atoms with Crippen LogP contribution < -0.4 is 10.6 Å². The van der Waals surface area contributed by atoms with Gasteiger partial charge in [0.2, 0.25) is 0 Å². The summed E-state index contributed by atoms with van der Waals surface area (Å²) in [6, 6.07) is 13.7. The third-order valence-electron chi connectivity index (χ3n) is 2.81. The first-order chi connectivity index (χ1) is 9.70. The molecule has 0 saturated carbocycles. The van der Waals surface area contributed by atoms with E-state index in [-0.39, 0.29) is 19.0 Å². The molecule has 20 heavy (non-hydrogen) atoms. The molecule has 0 amide bonds. The van der Waals surface area contributed by atoms with E-state index in [4.69, 9.17) is 5.11 Å². The minimum absolute atomic E-state index is 0.215. The van der Waals surface area contributed by atoms with Crippen LogP contribution in [-0.2, 0) is 0 Å². The molecule has 5 heteroatoms. The van der Waals surface area contributed by atoms with Crippen molar-refractivity contribution in [2.24, 2.45) is 0 Å². The van der Waals surface area contributed by atoms with E-state index in [0.29, 0.717) is 11.4 Å². The van der Waals surface area contributed by atoms with Gasteiger partial charge in [0.15, 0.2) is 0 Å². The van der Waals surface area contributed by atoms with Crippen molar-refractivity contribution in [1.29, 1.82) is 0 Å². The number of para-hydroxylation sites is 3. The third-order valence-corrected chi connectivity index (χ3v) is 2.81. The third kappa shape index (κ3) is 3.69. The molecule has 0 aromatic heterocycles. The standard InChI is InChI=1S/C15H17FN2O2/c16-12-5-1-2-6-13(12)18-15-8-4-3-7-14(15)17-9-11(20)10-19/h1-8,11,17-20H,9-10H2. The lowest BCUT2D eigenvalue weighted by atomic mass is 10.2. The summed E-state index contributed by atoms with van der Waals surface area (Å²) >= 11 is 0. The van der Waals surface area contributed by atoms with Gasteiger partial charge in [-0.2, -0.15) is 0 Å². The molecule has 0 aliphatic heterocycles. The molecule has 0 saturated heterocycles. The van der Waals surface area contributed by atoms with Gasteiger partial charge in [0.1, 0.15) is 5.82 Å². The number of hydrogen-bond acceptors (Lipinski definition) is 4. The van der Waals surface area contributed by atoms with Crippen molar-refractivity contribution in [2.75, 3.05) is 23.8 Å². The van der Waals surface area contributed by atoms with Crippen LogP contribution in [0.1, 0.15) is 0 Å². The number of hydrogen-bond donors (Lipinski definition) is 4. The van der Waals surface area contributed by atoms with Crippen molar-refractivity contribution in [2.45, 2.75) is 6.10 Å². The zero-order chi connectivity index (χ0) is 14.4. The zero-order valence-corrected chi connectivity index (χ0v) is 10.9. The van der Waals surface area contributed by atoms with Crippen molar-refractivity contribution in [3.05, 3.63) is 54.3 Å². The SMILES string of the molecule is OCC(O)CNc1ccccc1Nc1ccccc1F. The lowest BCUT2D eigenvalue weighted by Gasteiger charge is -2.15. The van der Waals surface area contributed by atoms with E-state index in [1.54, 1.807) is 24.3 Å². The molecule has 0 fully saturated rings. The molecule has 1 atom stereocenters. The average Bonchev–Trinajstić information content (AvgIpc) is 2.48. The van der Waals surface area contributed by atoms with Crippen molar-refractivity contribution in [1.82, 2.24) is 0 Å². The van der Waals surface area contributed by atoms with Gasteiger partial charge in [0, 0.05) is 6.54 Å². The highest BCUT2D eigenvalue weighted by molar-refractivity contribution is 5.74. The summed E-state index contributed by atoms with van der Waals surface area (Å²) < 4.78 is 13.6. The van der Waals surface area contributed by atoms with E-state index < -0.39 is 6.10 Å². The second-order valence-electron chi connectivity index (χ2n) is 4.37. The summed E-state index contributed by atoms with van der Waals surface area (Å²) in [6.07, 6.45) is -0.837. The van der Waals surface area contributed by atoms with E-state index in [1.807, 2.05) is 18.2 Å². The van der Waals surface area contributed by atoms with Crippen molar-refractivity contribution in [3.8, 4) is 0 Å². The molecule has 4 nitrogen and oxygen atoms in total. The molecule has 2 rings (SSSR count). The van der Waals surface area contributed by atoms with Gasteiger partial charge in [0.25, 0.3) is 0 Å². The molecule has 2 aromatic carbocycles. The summed E-state index contributed by atoms with van der Waals surface area (Å²) in [7, 11) is 0. The number of aliphatic hydroxyl groups excluding tert-OH is 2. The Hall–Kier alpha value is -2.11. The van der Waals surface area contributed by atoms with Crippen LogP contribution in [0.25, 0.3) is 0 Å². The van der Waals surface area contributed by atoms with Crippen LogP contribution in [-0.4, -0.2) is 29.5 Å². The first-order valence-corrected chi connectivity index (χ1v) is 6.34. The van der Waals surface area contributed by atoms with Gasteiger partial charge in [-0.25, -0.2) is 4.39 Å². The van der Waals surface area contributed by atoms with Crippen LogP contribution in [0.5, 0.6) is 0 Å². The van der Waals surface area contributed by atoms with Crippen molar-refractivity contribution >= 4 is 17.1 Å². The number of halogens is 1. The molecule has 0 aliphatic carbocycles. The van der Waals surface area contributed by atoms with E-state index in [9.17, 15) is 9.50 Å². The Bertz CT molecular complexity index is 563. The maximum Gasteiger partial charge on any atom is 0.146 e. The fourth-order valence-corrected chi connectivity index (χ4v) is 1.75. The second kappa shape index (κ2) is 6.88. The molecule has 106 valence electrons. The Labute approximate surface area is 116 Å². The summed E-state index contributed by atoms with van der Waals surface area (Å²) in [4.78, 5) is 0. The summed E-state index contributed by atoms with van der Waals surface area (Å²) in [5.74, 6) is -0.335. The zero-order valence-electron chi connectivity index (χ0n) is 10.9. The normalized spacial score (nSPS) is 11.9. The number of anilines is 3. The second-order valence-corrected chi connectivity index (χ2v) is 4.37. The quantitative estimate of drug-likeness (QED) is 0.654. The van der Waals surface area contributed by atoms with Crippen LogP contribution in [0.4, 0.5) is 21.5 Å². The first kappa shape index (κ1) is 14.3. The smallest absolute Gasteiger partial charge is 0.146 e. The lowest BCUT2D eigenvalue weighted by molar-refractivity contribution is 0.105. The van der Waals surface area contributed by atoms with Crippen LogP contribution in [0.2, 0.25) is 0 Å². The predicted octanol–water partition coefficient (Wildman–Crippen LogP) is 2.33. The summed E-state index contributed by atoms with van der Waals surface area (Å²) in [6.45, 7) is -0.0949. The van der Waals surface area contributed by atoms with Gasteiger partial charge >= 0.3 is 0 Å². The highest BCUT2D eigenvalue weighted by atomic mass is 19.1. The average molecular weight is 276 g/mol. The number of nitrogens with one attached hydrogen (secondary N) is 2. The van der Waals surface area contributed by atoms with Gasteiger partial charge in [-0.15, -0.1) is 0 Å². The molecule has 0 bridgehead atoms. The van der Waals surface area contributed by atoms with E-state index >= 15 is 0 Å². The van der Waals surface area contributed by atoms with Crippen LogP contribution in [0.15, 0.2) is 48.5 Å². The molecular formula is C15H17FN2O2. The molecule has 0 radical (unpaired) electrons. The van der Waals surface area contributed by atoms with E-state index in [2.05, 4.69) is 10.6 Å². The Morgan fingerprint density at radius 2 is 1.55 bits per heavy atom. The van der Waals surface area contributed by atoms with E-state index in [1.165, 1.54) is 6.07 Å². The number of rotatable bonds is 6. The fourth-order valence-electron chi connectivity index (χ4n) is 1.75. The number of aliphatic hydroxyl groups is 2. The monoisotopic (exact) mass is 276 g/mol. The largest absolute Gasteiger partial charge is 0.394 e. The summed E-state index contributed by atoms with van der Waals surface area (Å²) in [5.41, 5.74) is 1.80. The van der Waals surface area contributed by atoms with Crippen molar-refractivity contribution < 1.29 is 14.6 Å². The topological polar surface area (TPSA) is 64.5 Å².